The minimum Gasteiger partial charge on any atom is -0.207 e. The number of rotatable bonds is 6. The van der Waals surface area contributed by atoms with Gasteiger partial charge in [0.2, 0.25) is 10.0 Å². The van der Waals surface area contributed by atoms with Gasteiger partial charge in [0.15, 0.2) is 0 Å². The van der Waals surface area contributed by atoms with E-state index >= 15 is 0 Å². The fourth-order valence-electron chi connectivity index (χ4n) is 1.73. The van der Waals surface area contributed by atoms with E-state index in [-0.39, 0.29) is 23.9 Å². The van der Waals surface area contributed by atoms with Crippen LogP contribution in [0.15, 0.2) is 34.1 Å². The molecule has 1 aromatic rings. The van der Waals surface area contributed by atoms with Gasteiger partial charge in [0.05, 0.1) is 15.9 Å². The van der Waals surface area contributed by atoms with Crippen molar-refractivity contribution in [1.82, 2.24) is 4.31 Å². The predicted octanol–water partition coefficient (Wildman–Crippen LogP) is 1.66. The highest BCUT2D eigenvalue weighted by molar-refractivity contribution is 7.89. The van der Waals surface area contributed by atoms with Crippen molar-refractivity contribution < 1.29 is 20.7 Å². The highest BCUT2D eigenvalue weighted by Gasteiger charge is 2.27. The number of halogens is 1. The molecule has 0 heterocycles. The zero-order valence-corrected chi connectivity index (χ0v) is 13.2. The summed E-state index contributed by atoms with van der Waals surface area (Å²) in [7, 11) is -8.74. The maximum absolute atomic E-state index is 12.8. The van der Waals surface area contributed by atoms with Crippen molar-refractivity contribution in [3.63, 3.8) is 0 Å². The second-order valence-electron chi connectivity index (χ2n) is 4.53. The van der Waals surface area contributed by atoms with Crippen LogP contribution in [-0.4, -0.2) is 33.7 Å². The molecule has 0 amide bonds. The Bertz CT molecular complexity index is 734. The maximum Gasteiger partial charge on any atom is 0.332 e. The van der Waals surface area contributed by atoms with Crippen LogP contribution in [0, 0.1) is 11.3 Å². The second-order valence-corrected chi connectivity index (χ2v) is 7.76. The first-order valence-electron chi connectivity index (χ1n) is 6.04. The molecule has 0 saturated carbocycles. The third kappa shape index (κ3) is 4.23. The third-order valence-electron chi connectivity index (χ3n) is 2.73. The summed E-state index contributed by atoms with van der Waals surface area (Å²) in [6.45, 7) is 3.35. The average Bonchev–Trinajstić information content (AvgIpc) is 2.37. The van der Waals surface area contributed by atoms with Gasteiger partial charge in [0.1, 0.15) is 0 Å². The molecule has 1 aromatic carbocycles. The predicted molar refractivity (Wildman–Crippen MR) is 74.0 cm³/mol. The van der Waals surface area contributed by atoms with Gasteiger partial charge < -0.3 is 0 Å². The lowest BCUT2D eigenvalue weighted by atomic mass is 10.3. The van der Waals surface area contributed by atoms with Crippen molar-refractivity contribution in [2.45, 2.75) is 36.1 Å². The number of hydrogen-bond acceptors (Lipinski definition) is 5. The molecule has 0 aliphatic heterocycles. The summed E-state index contributed by atoms with van der Waals surface area (Å²) in [6.07, 6.45) is 0.0361. The van der Waals surface area contributed by atoms with E-state index in [1.165, 1.54) is 0 Å². The normalized spacial score (nSPS) is 12.6. The van der Waals surface area contributed by atoms with Gasteiger partial charge in [-0.15, -0.1) is 3.89 Å². The molecule has 0 spiro atoms. The van der Waals surface area contributed by atoms with E-state index in [0.29, 0.717) is 0 Å². The maximum atomic E-state index is 12.8. The van der Waals surface area contributed by atoms with Crippen molar-refractivity contribution >= 4 is 20.2 Å². The fraction of sp³-hybridized carbons (Fsp3) is 0.417. The summed E-state index contributed by atoms with van der Waals surface area (Å²) < 4.78 is 60.2. The molecule has 0 aliphatic rings. The lowest BCUT2D eigenvalue weighted by molar-refractivity contribution is 0.360. The first-order chi connectivity index (χ1) is 9.60. The van der Waals surface area contributed by atoms with Crippen molar-refractivity contribution in [3.05, 3.63) is 24.3 Å². The molecular formula is C12H15FN2O4S2. The van der Waals surface area contributed by atoms with Gasteiger partial charge in [-0.2, -0.15) is 18.0 Å². The van der Waals surface area contributed by atoms with Gasteiger partial charge in [0.25, 0.3) is 0 Å². The van der Waals surface area contributed by atoms with Gasteiger partial charge in [0, 0.05) is 19.0 Å². The highest BCUT2D eigenvalue weighted by Crippen LogP contribution is 2.21. The van der Waals surface area contributed by atoms with Crippen molar-refractivity contribution in [3.8, 4) is 6.07 Å². The lowest BCUT2D eigenvalue weighted by Gasteiger charge is -2.25. The van der Waals surface area contributed by atoms with E-state index < -0.39 is 25.1 Å². The molecule has 1 rings (SSSR count). The Hall–Kier alpha value is -1.50. The van der Waals surface area contributed by atoms with Gasteiger partial charge in [-0.25, -0.2) is 8.42 Å². The van der Waals surface area contributed by atoms with Crippen molar-refractivity contribution in [2.75, 3.05) is 6.54 Å². The number of nitrogens with zero attached hydrogens (tertiary/aromatic N) is 2. The smallest absolute Gasteiger partial charge is 0.207 e. The highest BCUT2D eigenvalue weighted by atomic mass is 32.3. The molecule has 0 saturated heterocycles. The molecule has 116 valence electrons. The second kappa shape index (κ2) is 6.51. The SMILES string of the molecule is CC(C)N(CCC#N)S(=O)(=O)c1ccc(S(=O)(=O)F)cc1. The molecule has 0 aliphatic carbocycles. The van der Waals surface area contributed by atoms with Crippen LogP contribution in [0.2, 0.25) is 0 Å². The molecule has 0 bridgehead atoms. The third-order valence-corrected chi connectivity index (χ3v) is 5.66. The Balaban J connectivity index is 3.20. The standard InChI is InChI=1S/C12H15FN2O4S2/c1-10(2)15(9-3-8-14)21(18,19)12-6-4-11(5-7-12)20(13,16)17/h4-7,10H,3,9H2,1-2H3. The Morgan fingerprint density at radius 1 is 1.14 bits per heavy atom. The monoisotopic (exact) mass is 334 g/mol. The van der Waals surface area contributed by atoms with Gasteiger partial charge in [-0.3, -0.25) is 0 Å². The quantitative estimate of drug-likeness (QED) is 0.737. The molecule has 0 aromatic heterocycles. The summed E-state index contributed by atoms with van der Waals surface area (Å²) in [6, 6.07) is 5.35. The molecule has 0 radical (unpaired) electrons. The molecule has 21 heavy (non-hydrogen) atoms. The first kappa shape index (κ1) is 17.6. The van der Waals surface area contributed by atoms with Crippen molar-refractivity contribution in [1.29, 1.82) is 5.26 Å². The zero-order chi connectivity index (χ0) is 16.3. The number of nitriles is 1. The van der Waals surface area contributed by atoms with E-state index in [9.17, 15) is 20.7 Å². The molecule has 9 heteroatoms. The van der Waals surface area contributed by atoms with E-state index in [1.807, 2.05) is 6.07 Å². The van der Waals surface area contributed by atoms with Crippen LogP contribution in [0.25, 0.3) is 0 Å². The Labute approximate surface area is 124 Å². The van der Waals surface area contributed by atoms with Gasteiger partial charge in [-0.1, -0.05) is 0 Å². The topological polar surface area (TPSA) is 95.3 Å². The summed E-state index contributed by atoms with van der Waals surface area (Å²) >= 11 is 0. The van der Waals surface area contributed by atoms with Crippen molar-refractivity contribution in [2.24, 2.45) is 0 Å². The molecule has 0 atom stereocenters. The average molecular weight is 334 g/mol. The number of sulfonamides is 1. The summed E-state index contributed by atoms with van der Waals surface area (Å²) in [5.41, 5.74) is 0. The summed E-state index contributed by atoms with van der Waals surface area (Å²) in [5.74, 6) is 0. The Kier molecular flexibility index (Phi) is 5.44. The van der Waals surface area contributed by atoms with Crippen LogP contribution in [0.4, 0.5) is 3.89 Å². The van der Waals surface area contributed by atoms with Crippen LogP contribution in [0.1, 0.15) is 20.3 Å². The molecule has 0 fully saturated rings. The van der Waals surface area contributed by atoms with E-state index in [0.717, 1.165) is 28.6 Å². The molecule has 0 unspecified atom stereocenters. The Morgan fingerprint density at radius 3 is 2.00 bits per heavy atom. The van der Waals surface area contributed by atoms with E-state index in [2.05, 4.69) is 0 Å². The van der Waals surface area contributed by atoms with Crippen LogP contribution in [0.5, 0.6) is 0 Å². The summed E-state index contributed by atoms with van der Waals surface area (Å²) in [4.78, 5) is -0.754. The lowest BCUT2D eigenvalue weighted by Crippen LogP contribution is -2.37. The van der Waals surface area contributed by atoms with Crippen LogP contribution in [0.3, 0.4) is 0 Å². The van der Waals surface area contributed by atoms with Gasteiger partial charge >= 0.3 is 10.2 Å². The van der Waals surface area contributed by atoms with Gasteiger partial charge in [-0.05, 0) is 38.1 Å². The van der Waals surface area contributed by atoms with Crippen LogP contribution >= 0.6 is 0 Å². The first-order valence-corrected chi connectivity index (χ1v) is 8.86. The fourth-order valence-corrected chi connectivity index (χ4v) is 3.82. The minimum atomic E-state index is -4.87. The Morgan fingerprint density at radius 2 is 1.62 bits per heavy atom. The van der Waals surface area contributed by atoms with E-state index in [1.54, 1.807) is 13.8 Å². The zero-order valence-electron chi connectivity index (χ0n) is 11.5. The van der Waals surface area contributed by atoms with Crippen LogP contribution in [-0.2, 0) is 20.2 Å². The number of hydrogen-bond donors (Lipinski definition) is 0. The molecular weight excluding hydrogens is 319 g/mol. The van der Waals surface area contributed by atoms with Crippen LogP contribution < -0.4 is 0 Å². The molecule has 0 N–H and O–H groups in total. The molecule has 6 nitrogen and oxygen atoms in total. The van der Waals surface area contributed by atoms with E-state index in [4.69, 9.17) is 5.26 Å². The summed E-state index contributed by atoms with van der Waals surface area (Å²) in [5, 5.41) is 8.58. The number of benzene rings is 1. The largest absolute Gasteiger partial charge is 0.332 e. The minimum absolute atomic E-state index is 0.0274.